The molecule has 0 bridgehead atoms. The van der Waals surface area contributed by atoms with Crippen LogP contribution in [0.4, 0.5) is 0 Å². The first-order valence-corrected chi connectivity index (χ1v) is 8.46. The number of rotatable bonds is 2. The Morgan fingerprint density at radius 1 is 0.833 bits per heavy atom. The van der Waals surface area contributed by atoms with E-state index in [1.807, 2.05) is 53.1 Å². The van der Waals surface area contributed by atoms with Crippen molar-refractivity contribution in [1.82, 2.24) is 19.4 Å². The quantitative estimate of drug-likeness (QED) is 0.473. The predicted molar refractivity (Wildman–Crippen MR) is 97.0 cm³/mol. The molecule has 0 N–H and O–H groups in total. The lowest BCUT2D eigenvalue weighted by Crippen LogP contribution is -1.89. The fourth-order valence-corrected chi connectivity index (χ4v) is 3.87. The van der Waals surface area contributed by atoms with Gasteiger partial charge >= 0.3 is 0 Å². The zero-order chi connectivity index (χ0) is 15.9. The van der Waals surface area contributed by atoms with Gasteiger partial charge in [-0.1, -0.05) is 42.5 Å². The number of hydrogen-bond acceptors (Lipinski definition) is 4. The summed E-state index contributed by atoms with van der Waals surface area (Å²) >= 11 is 1.68. The minimum absolute atomic E-state index is 0.686. The molecular weight excluding hydrogens is 316 g/mol. The maximum atomic E-state index is 4.82. The molecule has 0 aliphatic rings. The van der Waals surface area contributed by atoms with Gasteiger partial charge in [-0.25, -0.2) is 15.0 Å². The van der Waals surface area contributed by atoms with Crippen LogP contribution in [0.1, 0.15) is 0 Å². The zero-order valence-electron chi connectivity index (χ0n) is 12.6. The molecule has 114 valence electrons. The van der Waals surface area contributed by atoms with E-state index in [2.05, 4.69) is 23.2 Å². The molecule has 0 saturated carbocycles. The molecule has 5 aromatic rings. The van der Waals surface area contributed by atoms with E-state index in [1.165, 1.54) is 4.70 Å². The van der Waals surface area contributed by atoms with E-state index in [0.717, 1.165) is 27.5 Å². The standard InChI is InChI=1S/C19H12N4S/c1-2-7-13(8-3-1)16-17(23-12-6-11-20-19(23)22-16)18-21-14-9-4-5-10-15(14)24-18/h1-12H. The molecular formula is C19H12N4S. The topological polar surface area (TPSA) is 43.1 Å². The van der Waals surface area contributed by atoms with Gasteiger partial charge in [0.1, 0.15) is 16.4 Å². The molecule has 2 aromatic carbocycles. The second kappa shape index (κ2) is 5.25. The Hall–Kier alpha value is -3.05. The van der Waals surface area contributed by atoms with Crippen molar-refractivity contribution in [2.45, 2.75) is 0 Å². The Labute approximate surface area is 142 Å². The lowest BCUT2D eigenvalue weighted by atomic mass is 10.1. The van der Waals surface area contributed by atoms with Crippen LogP contribution in [-0.2, 0) is 0 Å². The lowest BCUT2D eigenvalue weighted by molar-refractivity contribution is 1.11. The Morgan fingerprint density at radius 2 is 1.67 bits per heavy atom. The van der Waals surface area contributed by atoms with Gasteiger partial charge in [-0.2, -0.15) is 0 Å². The van der Waals surface area contributed by atoms with Crippen LogP contribution in [0.5, 0.6) is 0 Å². The van der Waals surface area contributed by atoms with Crippen LogP contribution in [0.25, 0.3) is 38.0 Å². The van der Waals surface area contributed by atoms with Gasteiger partial charge in [0, 0.05) is 18.0 Å². The molecule has 24 heavy (non-hydrogen) atoms. The molecule has 0 fully saturated rings. The number of aromatic nitrogens is 4. The van der Waals surface area contributed by atoms with E-state index in [0.29, 0.717) is 5.78 Å². The fraction of sp³-hybridized carbons (Fsp3) is 0. The Bertz CT molecular complexity index is 1120. The van der Waals surface area contributed by atoms with Crippen molar-refractivity contribution in [3.8, 4) is 22.0 Å². The van der Waals surface area contributed by atoms with Gasteiger partial charge in [-0.05, 0) is 18.2 Å². The minimum atomic E-state index is 0.686. The number of imidazole rings is 1. The van der Waals surface area contributed by atoms with Crippen molar-refractivity contribution in [2.24, 2.45) is 0 Å². The predicted octanol–water partition coefficient (Wildman–Crippen LogP) is 4.67. The minimum Gasteiger partial charge on any atom is -0.281 e. The maximum absolute atomic E-state index is 4.82. The van der Waals surface area contributed by atoms with Crippen LogP contribution in [0, 0.1) is 0 Å². The van der Waals surface area contributed by atoms with Gasteiger partial charge < -0.3 is 0 Å². The van der Waals surface area contributed by atoms with Crippen molar-refractivity contribution < 1.29 is 0 Å². The molecule has 0 atom stereocenters. The molecule has 4 nitrogen and oxygen atoms in total. The van der Waals surface area contributed by atoms with E-state index >= 15 is 0 Å². The van der Waals surface area contributed by atoms with Crippen molar-refractivity contribution >= 4 is 27.3 Å². The highest BCUT2D eigenvalue weighted by atomic mass is 32.1. The number of hydrogen-bond donors (Lipinski definition) is 0. The summed E-state index contributed by atoms with van der Waals surface area (Å²) in [4.78, 5) is 14.0. The molecule has 0 saturated heterocycles. The summed E-state index contributed by atoms with van der Waals surface area (Å²) in [6.45, 7) is 0. The molecule has 0 spiro atoms. The summed E-state index contributed by atoms with van der Waals surface area (Å²) in [5, 5.41) is 0.954. The van der Waals surface area contributed by atoms with E-state index in [-0.39, 0.29) is 0 Å². The van der Waals surface area contributed by atoms with E-state index in [1.54, 1.807) is 17.5 Å². The molecule has 3 aromatic heterocycles. The third kappa shape index (κ3) is 2.02. The maximum Gasteiger partial charge on any atom is 0.234 e. The lowest BCUT2D eigenvalue weighted by Gasteiger charge is -2.01. The summed E-state index contributed by atoms with van der Waals surface area (Å²) < 4.78 is 3.19. The number of thiazole rings is 1. The number of para-hydroxylation sites is 1. The first-order chi connectivity index (χ1) is 11.9. The summed E-state index contributed by atoms with van der Waals surface area (Å²) in [6.07, 6.45) is 3.75. The normalized spacial score (nSPS) is 11.3. The third-order valence-corrected chi connectivity index (χ3v) is 4.99. The average molecular weight is 328 g/mol. The number of nitrogens with zero attached hydrogens (tertiary/aromatic N) is 4. The Kier molecular flexibility index (Phi) is 2.93. The van der Waals surface area contributed by atoms with Gasteiger partial charge in [0.15, 0.2) is 0 Å². The van der Waals surface area contributed by atoms with E-state index in [4.69, 9.17) is 9.97 Å². The SMILES string of the molecule is c1ccc(-c2nc3ncccn3c2-c2nc3ccccc3s2)cc1. The van der Waals surface area contributed by atoms with Crippen LogP contribution in [0.15, 0.2) is 73.1 Å². The van der Waals surface area contributed by atoms with Crippen LogP contribution in [0.2, 0.25) is 0 Å². The second-order valence-electron chi connectivity index (χ2n) is 5.45. The van der Waals surface area contributed by atoms with Crippen LogP contribution >= 0.6 is 11.3 Å². The smallest absolute Gasteiger partial charge is 0.234 e. The van der Waals surface area contributed by atoms with Crippen molar-refractivity contribution in [2.75, 3.05) is 0 Å². The molecule has 0 aliphatic carbocycles. The van der Waals surface area contributed by atoms with Crippen LogP contribution in [-0.4, -0.2) is 19.4 Å². The average Bonchev–Trinajstić information content (AvgIpc) is 3.23. The van der Waals surface area contributed by atoms with Gasteiger partial charge in [0.25, 0.3) is 0 Å². The van der Waals surface area contributed by atoms with Crippen LogP contribution < -0.4 is 0 Å². The molecule has 5 rings (SSSR count). The highest BCUT2D eigenvalue weighted by Gasteiger charge is 2.19. The molecule has 0 radical (unpaired) electrons. The summed E-state index contributed by atoms with van der Waals surface area (Å²) in [5.74, 6) is 0.686. The summed E-state index contributed by atoms with van der Waals surface area (Å²) in [7, 11) is 0. The van der Waals surface area contributed by atoms with Gasteiger partial charge in [-0.15, -0.1) is 11.3 Å². The summed E-state index contributed by atoms with van der Waals surface area (Å²) in [5.41, 5.74) is 3.98. The molecule has 0 unspecified atom stereocenters. The van der Waals surface area contributed by atoms with Crippen molar-refractivity contribution in [3.05, 3.63) is 73.1 Å². The van der Waals surface area contributed by atoms with Gasteiger partial charge in [0.05, 0.1) is 10.2 Å². The first kappa shape index (κ1) is 13.4. The highest BCUT2D eigenvalue weighted by Crippen LogP contribution is 2.36. The molecule has 0 aliphatic heterocycles. The van der Waals surface area contributed by atoms with Crippen molar-refractivity contribution in [3.63, 3.8) is 0 Å². The van der Waals surface area contributed by atoms with E-state index in [9.17, 15) is 0 Å². The van der Waals surface area contributed by atoms with E-state index < -0.39 is 0 Å². The fourth-order valence-electron chi connectivity index (χ4n) is 2.86. The van der Waals surface area contributed by atoms with Crippen LogP contribution in [0.3, 0.4) is 0 Å². The monoisotopic (exact) mass is 328 g/mol. The molecule has 5 heteroatoms. The Morgan fingerprint density at radius 3 is 2.54 bits per heavy atom. The molecule has 0 amide bonds. The first-order valence-electron chi connectivity index (χ1n) is 7.64. The molecule has 3 heterocycles. The zero-order valence-corrected chi connectivity index (χ0v) is 13.4. The number of benzene rings is 2. The highest BCUT2D eigenvalue weighted by molar-refractivity contribution is 7.21. The van der Waals surface area contributed by atoms with Crippen molar-refractivity contribution in [1.29, 1.82) is 0 Å². The summed E-state index contributed by atoms with van der Waals surface area (Å²) in [6, 6.07) is 20.3. The van der Waals surface area contributed by atoms with Gasteiger partial charge in [-0.3, -0.25) is 4.40 Å². The van der Waals surface area contributed by atoms with Gasteiger partial charge in [0.2, 0.25) is 5.78 Å². The number of fused-ring (bicyclic) bond motifs is 2. The second-order valence-corrected chi connectivity index (χ2v) is 6.48. The third-order valence-electron chi connectivity index (χ3n) is 3.95. The Balaban J connectivity index is 1.86. The largest absolute Gasteiger partial charge is 0.281 e.